The van der Waals surface area contributed by atoms with Gasteiger partial charge in [-0.2, -0.15) is 0 Å². The molecule has 5 nitrogen and oxygen atoms in total. The number of urea groups is 1. The van der Waals surface area contributed by atoms with Crippen molar-refractivity contribution in [1.82, 2.24) is 14.7 Å². The molecule has 0 radical (unpaired) electrons. The lowest BCUT2D eigenvalue weighted by molar-refractivity contribution is -0.133. The number of amides is 3. The zero-order chi connectivity index (χ0) is 17.7. The van der Waals surface area contributed by atoms with Gasteiger partial charge in [0.25, 0.3) is 0 Å². The highest BCUT2D eigenvalue weighted by molar-refractivity contribution is 5.77. The Bertz CT molecular complexity index is 583. The number of carbonyl (C=O) groups excluding carboxylic acids is 2. The highest BCUT2D eigenvalue weighted by Gasteiger charge is 2.25. The second-order valence-corrected chi connectivity index (χ2v) is 6.69. The van der Waals surface area contributed by atoms with E-state index >= 15 is 0 Å². The summed E-state index contributed by atoms with van der Waals surface area (Å²) >= 11 is 0. The lowest BCUT2D eigenvalue weighted by Gasteiger charge is -2.36. The number of nitrogens with zero attached hydrogens (tertiary/aromatic N) is 3. The standard InChI is InChI=1S/C18H26FN3O2/c1-14(11-15-5-4-6-16(19)13-15)12-17(23)21-7-9-22(10-8-21)18(24)20(2)3/h4-6,13-14H,7-12H2,1-3H3. The molecule has 6 heteroatoms. The SMILES string of the molecule is CC(CC(=O)N1CCN(C(=O)N(C)C)CC1)Cc1cccc(F)c1. The number of hydrogen-bond acceptors (Lipinski definition) is 2. The molecule has 1 unspecified atom stereocenters. The topological polar surface area (TPSA) is 43.9 Å². The van der Waals surface area contributed by atoms with Crippen LogP contribution in [0.1, 0.15) is 18.9 Å². The summed E-state index contributed by atoms with van der Waals surface area (Å²) in [7, 11) is 3.46. The normalized spacial score (nSPS) is 16.0. The molecule has 1 aliphatic heterocycles. The Morgan fingerprint density at radius 3 is 2.38 bits per heavy atom. The van der Waals surface area contributed by atoms with Gasteiger partial charge in [0.15, 0.2) is 0 Å². The highest BCUT2D eigenvalue weighted by Crippen LogP contribution is 2.15. The lowest BCUT2D eigenvalue weighted by atomic mass is 9.97. The van der Waals surface area contributed by atoms with Crippen molar-refractivity contribution in [2.24, 2.45) is 5.92 Å². The maximum Gasteiger partial charge on any atom is 0.319 e. The van der Waals surface area contributed by atoms with Crippen LogP contribution in [0.5, 0.6) is 0 Å². The van der Waals surface area contributed by atoms with Crippen LogP contribution in [-0.2, 0) is 11.2 Å². The molecule has 1 aromatic carbocycles. The van der Waals surface area contributed by atoms with E-state index < -0.39 is 0 Å². The first-order valence-corrected chi connectivity index (χ1v) is 8.35. The Balaban J connectivity index is 1.80. The molecular weight excluding hydrogens is 309 g/mol. The molecule has 1 fully saturated rings. The van der Waals surface area contributed by atoms with Crippen LogP contribution in [0, 0.1) is 11.7 Å². The van der Waals surface area contributed by atoms with Crippen LogP contribution in [0.2, 0.25) is 0 Å². The van der Waals surface area contributed by atoms with Crippen LogP contribution >= 0.6 is 0 Å². The van der Waals surface area contributed by atoms with Gasteiger partial charge in [0, 0.05) is 46.7 Å². The second kappa shape index (κ2) is 8.13. The van der Waals surface area contributed by atoms with Gasteiger partial charge in [0.2, 0.25) is 5.91 Å². The largest absolute Gasteiger partial charge is 0.339 e. The third-order valence-corrected chi connectivity index (χ3v) is 4.28. The lowest BCUT2D eigenvalue weighted by Crippen LogP contribution is -2.53. The van der Waals surface area contributed by atoms with Crippen molar-refractivity contribution in [3.63, 3.8) is 0 Å². The van der Waals surface area contributed by atoms with E-state index in [2.05, 4.69) is 0 Å². The van der Waals surface area contributed by atoms with E-state index in [4.69, 9.17) is 0 Å². The van der Waals surface area contributed by atoms with Crippen molar-refractivity contribution in [2.45, 2.75) is 19.8 Å². The first-order valence-electron chi connectivity index (χ1n) is 8.35. The van der Waals surface area contributed by atoms with Crippen molar-refractivity contribution in [3.05, 3.63) is 35.6 Å². The average molecular weight is 335 g/mol. The summed E-state index contributed by atoms with van der Waals surface area (Å²) in [6, 6.07) is 6.51. The molecule has 0 aromatic heterocycles. The number of hydrogen-bond donors (Lipinski definition) is 0. The summed E-state index contributed by atoms with van der Waals surface area (Å²) in [5, 5.41) is 0. The molecule has 0 bridgehead atoms. The number of benzene rings is 1. The van der Waals surface area contributed by atoms with Gasteiger partial charge >= 0.3 is 6.03 Å². The third-order valence-electron chi connectivity index (χ3n) is 4.28. The van der Waals surface area contributed by atoms with E-state index in [1.165, 1.54) is 12.1 Å². The highest BCUT2D eigenvalue weighted by atomic mass is 19.1. The maximum atomic E-state index is 13.2. The Kier molecular flexibility index (Phi) is 6.17. The molecule has 3 amide bonds. The molecule has 1 atom stereocenters. The minimum atomic E-state index is -0.243. The van der Waals surface area contributed by atoms with Gasteiger partial charge in [-0.05, 0) is 30.0 Å². The molecule has 0 spiro atoms. The molecule has 132 valence electrons. The quantitative estimate of drug-likeness (QED) is 0.847. The van der Waals surface area contributed by atoms with Gasteiger partial charge in [-0.15, -0.1) is 0 Å². The van der Waals surface area contributed by atoms with Gasteiger partial charge in [0.1, 0.15) is 5.82 Å². The number of piperazine rings is 1. The molecule has 24 heavy (non-hydrogen) atoms. The second-order valence-electron chi connectivity index (χ2n) is 6.69. The zero-order valence-corrected chi connectivity index (χ0v) is 14.7. The summed E-state index contributed by atoms with van der Waals surface area (Å²) in [6.07, 6.45) is 1.13. The van der Waals surface area contributed by atoms with Crippen LogP contribution in [0.15, 0.2) is 24.3 Å². The number of halogens is 1. The van der Waals surface area contributed by atoms with E-state index in [-0.39, 0.29) is 23.7 Å². The Hall–Kier alpha value is -2.11. The molecule has 1 aliphatic rings. The maximum absolute atomic E-state index is 13.2. The molecular formula is C18H26FN3O2. The summed E-state index contributed by atoms with van der Waals surface area (Å²) < 4.78 is 13.2. The first kappa shape index (κ1) is 18.2. The van der Waals surface area contributed by atoms with Crippen LogP contribution < -0.4 is 0 Å². The van der Waals surface area contributed by atoms with Crippen LogP contribution in [0.3, 0.4) is 0 Å². The average Bonchev–Trinajstić information content (AvgIpc) is 2.54. The van der Waals surface area contributed by atoms with Crippen molar-refractivity contribution in [3.8, 4) is 0 Å². The number of rotatable bonds is 4. The number of carbonyl (C=O) groups is 2. The molecule has 0 N–H and O–H groups in total. The third kappa shape index (κ3) is 4.94. The van der Waals surface area contributed by atoms with E-state index in [0.717, 1.165) is 5.56 Å². The van der Waals surface area contributed by atoms with Crippen molar-refractivity contribution >= 4 is 11.9 Å². The Morgan fingerprint density at radius 1 is 1.17 bits per heavy atom. The molecule has 1 heterocycles. The van der Waals surface area contributed by atoms with Crippen molar-refractivity contribution in [2.75, 3.05) is 40.3 Å². The predicted molar refractivity (Wildman–Crippen MR) is 91.1 cm³/mol. The monoisotopic (exact) mass is 335 g/mol. The molecule has 1 saturated heterocycles. The summed E-state index contributed by atoms with van der Waals surface area (Å²) in [6.45, 7) is 4.30. The smallest absolute Gasteiger partial charge is 0.319 e. The van der Waals surface area contributed by atoms with E-state index in [1.54, 1.807) is 30.0 Å². The Morgan fingerprint density at radius 2 is 1.79 bits per heavy atom. The van der Waals surface area contributed by atoms with Crippen molar-refractivity contribution < 1.29 is 14.0 Å². The predicted octanol–water partition coefficient (Wildman–Crippen LogP) is 2.22. The summed E-state index contributed by atoms with van der Waals surface area (Å²) in [4.78, 5) is 29.5. The van der Waals surface area contributed by atoms with Crippen molar-refractivity contribution in [1.29, 1.82) is 0 Å². The first-order chi connectivity index (χ1) is 11.4. The van der Waals surface area contributed by atoms with Gasteiger partial charge < -0.3 is 14.7 Å². The fraction of sp³-hybridized carbons (Fsp3) is 0.556. The van der Waals surface area contributed by atoms with Gasteiger partial charge in [-0.1, -0.05) is 19.1 Å². The van der Waals surface area contributed by atoms with E-state index in [0.29, 0.717) is 39.0 Å². The van der Waals surface area contributed by atoms with E-state index in [1.807, 2.05) is 17.9 Å². The van der Waals surface area contributed by atoms with Gasteiger partial charge in [-0.25, -0.2) is 9.18 Å². The Labute approximate surface area is 143 Å². The zero-order valence-electron chi connectivity index (χ0n) is 14.7. The fourth-order valence-electron chi connectivity index (χ4n) is 3.00. The van der Waals surface area contributed by atoms with Gasteiger partial charge in [0.05, 0.1) is 0 Å². The summed E-state index contributed by atoms with van der Waals surface area (Å²) in [5.41, 5.74) is 0.914. The van der Waals surface area contributed by atoms with Crippen LogP contribution in [0.25, 0.3) is 0 Å². The minimum absolute atomic E-state index is 0.0124. The summed E-state index contributed by atoms with van der Waals surface area (Å²) in [5.74, 6) is 0.0179. The minimum Gasteiger partial charge on any atom is -0.339 e. The molecule has 0 aliphatic carbocycles. The molecule has 2 rings (SSSR count). The molecule has 0 saturated carbocycles. The molecule has 1 aromatic rings. The van der Waals surface area contributed by atoms with E-state index in [9.17, 15) is 14.0 Å². The fourth-order valence-corrected chi connectivity index (χ4v) is 3.00. The van der Waals surface area contributed by atoms with Crippen LogP contribution in [0.4, 0.5) is 9.18 Å². The van der Waals surface area contributed by atoms with Crippen LogP contribution in [-0.4, -0.2) is 66.9 Å². The van der Waals surface area contributed by atoms with Gasteiger partial charge in [-0.3, -0.25) is 4.79 Å².